The third kappa shape index (κ3) is 12.6. The summed E-state index contributed by atoms with van der Waals surface area (Å²) >= 11 is 0. The van der Waals surface area contributed by atoms with E-state index in [9.17, 15) is 5.53 Å². The van der Waals surface area contributed by atoms with Crippen molar-refractivity contribution in [2.45, 2.75) is 203 Å². The second-order valence-electron chi connectivity index (χ2n) is 15.5. The molecule has 0 fully saturated rings. The van der Waals surface area contributed by atoms with E-state index < -0.39 is 0 Å². The second kappa shape index (κ2) is 23.6. The Labute approximate surface area is 315 Å². The molecule has 0 unspecified atom stereocenters. The molecule has 51 heavy (non-hydrogen) atoms. The smallest absolute Gasteiger partial charge is 0.223 e. The molecule has 2 heteroatoms. The minimum Gasteiger partial charge on any atom is -0.493 e. The lowest BCUT2D eigenvalue weighted by Gasteiger charge is -2.19. The van der Waals surface area contributed by atoms with Crippen LogP contribution in [0.5, 0.6) is 0 Å². The summed E-state index contributed by atoms with van der Waals surface area (Å²) < 4.78 is 1.56. The Hall–Kier alpha value is -2.92. The van der Waals surface area contributed by atoms with E-state index in [0.29, 0.717) is 0 Å². The Morgan fingerprint density at radius 2 is 0.980 bits per heavy atom. The van der Waals surface area contributed by atoms with Crippen molar-refractivity contribution >= 4 is 11.4 Å². The van der Waals surface area contributed by atoms with Crippen molar-refractivity contribution in [1.29, 1.82) is 0 Å². The first kappa shape index (κ1) is 42.5. The Bertz CT molecular complexity index is 1460. The van der Waals surface area contributed by atoms with Gasteiger partial charge in [-0.25, -0.2) is 4.70 Å². The molecule has 0 spiro atoms. The number of nitrogens with zero attached hydrogens (tertiary/aromatic N) is 2. The molecule has 3 rings (SSSR count). The van der Waals surface area contributed by atoms with E-state index in [1.54, 1.807) is 10.3 Å². The van der Waals surface area contributed by atoms with Gasteiger partial charge in [0.15, 0.2) is 0 Å². The highest BCUT2D eigenvalue weighted by atomic mass is 15.2. The molecule has 2 aromatic rings. The van der Waals surface area contributed by atoms with Gasteiger partial charge in [-0.05, 0) is 136 Å². The SMILES string of the molecule is CCCCCCC#CC1=C(c2cc(C)c(C)c(C)c2)[N+](=[N-])C(c2cc(CCCCCC)c(CCCCCC)c(CCCCCC)c2)=C1CCCC. The molecule has 2 nitrogen and oxygen atoms in total. The normalized spacial score (nSPS) is 13.1. The molecule has 1 aliphatic heterocycles. The molecule has 0 saturated heterocycles. The summed E-state index contributed by atoms with van der Waals surface area (Å²) in [5, 5.41) is 0. The third-order valence-electron chi connectivity index (χ3n) is 11.2. The quantitative estimate of drug-likeness (QED) is 0.0595. The molecule has 0 saturated carbocycles. The fraction of sp³-hybridized carbons (Fsp3) is 0.633. The van der Waals surface area contributed by atoms with E-state index in [0.717, 1.165) is 67.5 Å². The van der Waals surface area contributed by atoms with Crippen molar-refractivity contribution in [2.24, 2.45) is 0 Å². The molecule has 0 amide bonds. The molecule has 1 heterocycles. The van der Waals surface area contributed by atoms with Gasteiger partial charge < -0.3 is 5.53 Å². The zero-order valence-corrected chi connectivity index (χ0v) is 34.5. The van der Waals surface area contributed by atoms with Crippen LogP contribution in [0, 0.1) is 32.6 Å². The minimum absolute atomic E-state index is 0.876. The van der Waals surface area contributed by atoms with Crippen molar-refractivity contribution in [2.75, 3.05) is 0 Å². The summed E-state index contributed by atoms with van der Waals surface area (Å²) in [6, 6.07) is 9.51. The summed E-state index contributed by atoms with van der Waals surface area (Å²) in [6.07, 6.45) is 27.7. The van der Waals surface area contributed by atoms with E-state index in [1.165, 1.54) is 142 Å². The summed E-state index contributed by atoms with van der Waals surface area (Å²) in [4.78, 5) is 0. The summed E-state index contributed by atoms with van der Waals surface area (Å²) in [6.45, 7) is 18.1. The van der Waals surface area contributed by atoms with Crippen LogP contribution < -0.4 is 0 Å². The first-order valence-electron chi connectivity index (χ1n) is 21.5. The highest BCUT2D eigenvalue weighted by Gasteiger charge is 2.36. The average molecular weight is 691 g/mol. The topological polar surface area (TPSA) is 25.3 Å². The lowest BCUT2D eigenvalue weighted by molar-refractivity contribution is -0.345. The van der Waals surface area contributed by atoms with E-state index in [2.05, 4.69) is 91.5 Å². The molecule has 2 aromatic carbocycles. The van der Waals surface area contributed by atoms with Gasteiger partial charge in [0.05, 0.1) is 0 Å². The minimum atomic E-state index is 0.876. The molecule has 0 aromatic heterocycles. The Morgan fingerprint density at radius 1 is 0.510 bits per heavy atom. The van der Waals surface area contributed by atoms with Crippen molar-refractivity contribution in [3.63, 3.8) is 0 Å². The molecule has 0 bridgehead atoms. The van der Waals surface area contributed by atoms with Crippen LogP contribution >= 0.6 is 0 Å². The third-order valence-corrected chi connectivity index (χ3v) is 11.2. The van der Waals surface area contributed by atoms with Crippen LogP contribution in [0.15, 0.2) is 35.4 Å². The highest BCUT2D eigenvalue weighted by Crippen LogP contribution is 2.44. The zero-order valence-electron chi connectivity index (χ0n) is 34.5. The number of allylic oxidation sites excluding steroid dienone is 2. The summed E-state index contributed by atoms with van der Waals surface area (Å²) in [7, 11) is 0. The average Bonchev–Trinajstić information content (AvgIpc) is 3.40. The fourth-order valence-corrected chi connectivity index (χ4v) is 7.78. The Morgan fingerprint density at radius 3 is 1.49 bits per heavy atom. The van der Waals surface area contributed by atoms with E-state index in [4.69, 9.17) is 0 Å². The summed E-state index contributed by atoms with van der Waals surface area (Å²) in [5.74, 6) is 7.29. The monoisotopic (exact) mass is 691 g/mol. The predicted octanol–water partition coefficient (Wildman–Crippen LogP) is 15.3. The van der Waals surface area contributed by atoms with Crippen LogP contribution in [-0.4, -0.2) is 4.70 Å². The van der Waals surface area contributed by atoms with Crippen molar-refractivity contribution < 1.29 is 4.70 Å². The van der Waals surface area contributed by atoms with Gasteiger partial charge >= 0.3 is 0 Å². The van der Waals surface area contributed by atoms with Crippen LogP contribution in [0.1, 0.15) is 208 Å². The lowest BCUT2D eigenvalue weighted by Crippen LogP contribution is -2.08. The highest BCUT2D eigenvalue weighted by molar-refractivity contribution is 5.86. The van der Waals surface area contributed by atoms with E-state index in [-0.39, 0.29) is 0 Å². The maximum Gasteiger partial charge on any atom is 0.223 e. The lowest BCUT2D eigenvalue weighted by atomic mass is 9.86. The Kier molecular flexibility index (Phi) is 19.7. The number of aryl methyl sites for hydroxylation is 4. The van der Waals surface area contributed by atoms with E-state index in [1.807, 2.05) is 0 Å². The maximum absolute atomic E-state index is 12.5. The molecule has 0 aliphatic carbocycles. The van der Waals surface area contributed by atoms with Crippen molar-refractivity contribution in [3.8, 4) is 11.8 Å². The predicted molar refractivity (Wildman–Crippen MR) is 224 cm³/mol. The number of benzene rings is 2. The van der Waals surface area contributed by atoms with Gasteiger partial charge in [-0.2, -0.15) is 0 Å². The van der Waals surface area contributed by atoms with Crippen LogP contribution in [-0.2, 0) is 19.3 Å². The maximum atomic E-state index is 12.5. The van der Waals surface area contributed by atoms with Gasteiger partial charge in [0.25, 0.3) is 0 Å². The van der Waals surface area contributed by atoms with Gasteiger partial charge in [-0.15, -0.1) is 0 Å². The van der Waals surface area contributed by atoms with E-state index >= 15 is 0 Å². The number of hydrogen-bond acceptors (Lipinski definition) is 0. The fourth-order valence-electron chi connectivity index (χ4n) is 7.78. The van der Waals surface area contributed by atoms with Crippen molar-refractivity contribution in [1.82, 2.24) is 0 Å². The van der Waals surface area contributed by atoms with Gasteiger partial charge in [-0.3, -0.25) is 0 Å². The van der Waals surface area contributed by atoms with Gasteiger partial charge in [0.1, 0.15) is 5.57 Å². The van der Waals surface area contributed by atoms with Crippen molar-refractivity contribution in [3.05, 3.63) is 85.5 Å². The molecular weight excluding hydrogens is 617 g/mol. The Balaban J connectivity index is 2.26. The van der Waals surface area contributed by atoms with Gasteiger partial charge in [0.2, 0.25) is 11.4 Å². The second-order valence-corrected chi connectivity index (χ2v) is 15.5. The first-order valence-corrected chi connectivity index (χ1v) is 21.5. The summed E-state index contributed by atoms with van der Waals surface area (Å²) in [5.41, 5.74) is 27.4. The first-order chi connectivity index (χ1) is 24.8. The van der Waals surface area contributed by atoms with Crippen LogP contribution in [0.25, 0.3) is 16.9 Å². The number of hydrogen-bond donors (Lipinski definition) is 0. The van der Waals surface area contributed by atoms with Crippen LogP contribution in [0.2, 0.25) is 0 Å². The van der Waals surface area contributed by atoms with Crippen LogP contribution in [0.4, 0.5) is 0 Å². The molecule has 280 valence electrons. The van der Waals surface area contributed by atoms with Gasteiger partial charge in [-0.1, -0.05) is 130 Å². The zero-order chi connectivity index (χ0) is 37.0. The molecule has 0 radical (unpaired) electrons. The number of unbranched alkanes of at least 4 members (excludes halogenated alkanes) is 14. The molecule has 1 aliphatic rings. The standard InChI is InChI=1S/C49H74N2/c1-9-14-19-23-24-28-33-47-46(31-18-13-5)49(51(50)48(47)43-34-38(6)40(8)39(7)35-43)44-36-41(29-25-20-15-10-2)45(32-27-22-17-12-4)42(37-44)30-26-21-16-11-3/h34-37H,9-27,29-32H2,1-8H3. The molecule has 0 atom stereocenters. The largest absolute Gasteiger partial charge is 0.493 e. The molecular formula is C49H74N2. The number of rotatable bonds is 24. The van der Waals surface area contributed by atoms with Crippen LogP contribution in [0.3, 0.4) is 0 Å². The molecule has 0 N–H and O–H groups in total. The van der Waals surface area contributed by atoms with Gasteiger partial charge in [0, 0.05) is 23.1 Å².